The zero-order chi connectivity index (χ0) is 30.9. The number of aromatic nitrogens is 3. The van der Waals surface area contributed by atoms with E-state index in [2.05, 4.69) is 9.98 Å². The summed E-state index contributed by atoms with van der Waals surface area (Å²) in [7, 11) is 1.79. The number of aryl methyl sites for hydroxylation is 3. The van der Waals surface area contributed by atoms with Crippen LogP contribution < -0.4 is 10.4 Å². The van der Waals surface area contributed by atoms with Gasteiger partial charge in [-0.25, -0.2) is 9.18 Å². The summed E-state index contributed by atoms with van der Waals surface area (Å²) in [6, 6.07) is 12.2. The summed E-state index contributed by atoms with van der Waals surface area (Å²) in [5.41, 5.74) is 4.91. The molecule has 43 heavy (non-hydrogen) atoms. The molecular weight excluding hydrogens is 549 g/mol. The Kier molecular flexibility index (Phi) is 8.21. The topological polar surface area (TPSA) is 91.0 Å². The van der Waals surface area contributed by atoms with Gasteiger partial charge < -0.3 is 23.5 Å². The first-order valence-corrected chi connectivity index (χ1v) is 14.1. The number of ether oxygens (including phenoxy) is 2. The monoisotopic (exact) mass is 585 g/mol. The normalized spacial score (nSPS) is 13.9. The summed E-state index contributed by atoms with van der Waals surface area (Å²) in [4.78, 5) is 37.0. The maximum absolute atomic E-state index is 14.1. The summed E-state index contributed by atoms with van der Waals surface area (Å²) in [5, 5.41) is 0. The maximum Gasteiger partial charge on any atom is 0.437 e. The first-order valence-electron chi connectivity index (χ1n) is 14.1. The minimum absolute atomic E-state index is 0.185. The first kappa shape index (κ1) is 29.8. The Labute approximate surface area is 250 Å². The van der Waals surface area contributed by atoms with E-state index >= 15 is 0 Å². The van der Waals surface area contributed by atoms with Crippen LogP contribution in [0.4, 0.5) is 9.18 Å². The third kappa shape index (κ3) is 6.85. The van der Waals surface area contributed by atoms with Gasteiger partial charge in [-0.2, -0.15) is 0 Å². The Balaban J connectivity index is 1.60. The standard InChI is InChI=1S/C33H36FN5O4/c1-21-9-10-35-25(15-21)20-38-13-14-42-29-27(26-8-7-24(34)16-22(26)2)17-23(18-28(29)30(38)40)19-39-12-11-37(6)31(39)36-32(41)43-33(3,4)5/h7-12,15-18H,13-14,19-20H2,1-6H3. The fourth-order valence-electron chi connectivity index (χ4n) is 5.13. The summed E-state index contributed by atoms with van der Waals surface area (Å²) in [6.45, 7) is 10.5. The predicted molar refractivity (Wildman–Crippen MR) is 160 cm³/mol. The number of carbonyl (C=O) groups excluding carboxylic acids is 2. The minimum Gasteiger partial charge on any atom is -0.490 e. The largest absolute Gasteiger partial charge is 0.490 e. The van der Waals surface area contributed by atoms with Crippen molar-refractivity contribution in [3.63, 3.8) is 0 Å². The molecule has 5 rings (SSSR count). The Morgan fingerprint density at radius 2 is 1.81 bits per heavy atom. The number of pyridine rings is 1. The molecule has 9 nitrogen and oxygen atoms in total. The van der Waals surface area contributed by atoms with E-state index < -0.39 is 11.7 Å². The van der Waals surface area contributed by atoms with Gasteiger partial charge in [-0.15, -0.1) is 4.99 Å². The van der Waals surface area contributed by atoms with E-state index in [4.69, 9.17) is 9.47 Å². The number of halogens is 1. The average molecular weight is 586 g/mol. The van der Waals surface area contributed by atoms with Gasteiger partial charge in [-0.1, -0.05) is 6.07 Å². The number of rotatable bonds is 5. The lowest BCUT2D eigenvalue weighted by Gasteiger charge is -2.20. The van der Waals surface area contributed by atoms with E-state index in [0.717, 1.165) is 22.4 Å². The molecule has 2 aromatic carbocycles. The second-order valence-electron chi connectivity index (χ2n) is 11.8. The van der Waals surface area contributed by atoms with Crippen molar-refractivity contribution in [2.24, 2.45) is 12.0 Å². The molecule has 3 heterocycles. The molecule has 0 unspecified atom stereocenters. The van der Waals surface area contributed by atoms with Crippen LogP contribution >= 0.6 is 0 Å². The molecule has 0 radical (unpaired) electrons. The highest BCUT2D eigenvalue weighted by molar-refractivity contribution is 6.00. The second-order valence-corrected chi connectivity index (χ2v) is 11.8. The summed E-state index contributed by atoms with van der Waals surface area (Å²) in [5.74, 6) is -0.0687. The van der Waals surface area contributed by atoms with Crippen molar-refractivity contribution in [2.45, 2.75) is 53.3 Å². The third-order valence-corrected chi connectivity index (χ3v) is 7.06. The van der Waals surface area contributed by atoms with Crippen LogP contribution in [0.15, 0.2) is 66.0 Å². The highest BCUT2D eigenvalue weighted by Crippen LogP contribution is 2.38. The van der Waals surface area contributed by atoms with Gasteiger partial charge in [0.05, 0.1) is 30.9 Å². The number of nitrogens with zero attached hydrogens (tertiary/aromatic N) is 5. The highest BCUT2D eigenvalue weighted by Gasteiger charge is 2.28. The van der Waals surface area contributed by atoms with E-state index in [9.17, 15) is 14.0 Å². The summed E-state index contributed by atoms with van der Waals surface area (Å²) >= 11 is 0. The molecule has 10 heteroatoms. The molecule has 0 N–H and O–H groups in total. The minimum atomic E-state index is -0.698. The van der Waals surface area contributed by atoms with Gasteiger partial charge in [-0.3, -0.25) is 9.78 Å². The summed E-state index contributed by atoms with van der Waals surface area (Å²) < 4.78 is 29.3. The molecule has 0 atom stereocenters. The predicted octanol–water partition coefficient (Wildman–Crippen LogP) is 5.56. The van der Waals surface area contributed by atoms with Gasteiger partial charge in [0, 0.05) is 31.2 Å². The van der Waals surface area contributed by atoms with Crippen LogP contribution in [0, 0.1) is 19.7 Å². The molecular formula is C33H36FN5O4. The number of hydrogen-bond donors (Lipinski definition) is 0. The van der Waals surface area contributed by atoms with Gasteiger partial charge in [-0.05, 0) is 93.3 Å². The van der Waals surface area contributed by atoms with E-state index in [-0.39, 0.29) is 11.7 Å². The average Bonchev–Trinajstić information content (AvgIpc) is 3.16. The smallest absolute Gasteiger partial charge is 0.437 e. The first-order chi connectivity index (χ1) is 20.4. The van der Waals surface area contributed by atoms with E-state index in [1.165, 1.54) is 12.1 Å². The van der Waals surface area contributed by atoms with Crippen LogP contribution in [0.5, 0.6) is 5.75 Å². The van der Waals surface area contributed by atoms with Crippen molar-refractivity contribution in [3.05, 3.63) is 100 Å². The number of amides is 2. The Bertz CT molecular complexity index is 1770. The fourth-order valence-corrected chi connectivity index (χ4v) is 5.13. The van der Waals surface area contributed by atoms with Gasteiger partial charge in [0.2, 0.25) is 5.62 Å². The summed E-state index contributed by atoms with van der Waals surface area (Å²) in [6.07, 6.45) is 4.65. The second kappa shape index (κ2) is 11.9. The van der Waals surface area contributed by atoms with Gasteiger partial charge in [0.25, 0.3) is 5.91 Å². The van der Waals surface area contributed by atoms with Crippen molar-refractivity contribution in [1.29, 1.82) is 0 Å². The molecule has 0 saturated carbocycles. The van der Waals surface area contributed by atoms with Gasteiger partial charge in [0.15, 0.2) is 0 Å². The SMILES string of the molecule is Cc1ccnc(CN2CCOc3c(cc(Cn4ccn(C)c4=NC(=O)OC(C)(C)C)cc3-c3ccc(F)cc3C)C2=O)c1. The Morgan fingerprint density at radius 1 is 1.05 bits per heavy atom. The lowest BCUT2D eigenvalue weighted by Crippen LogP contribution is -2.32. The molecule has 0 spiro atoms. The van der Waals surface area contributed by atoms with Crippen molar-refractivity contribution in [2.75, 3.05) is 13.2 Å². The van der Waals surface area contributed by atoms with Crippen LogP contribution in [-0.2, 0) is 24.9 Å². The molecule has 1 aliphatic heterocycles. The third-order valence-electron chi connectivity index (χ3n) is 7.06. The number of carbonyl (C=O) groups is 2. The number of hydrogen-bond acceptors (Lipinski definition) is 5. The van der Waals surface area contributed by atoms with Crippen LogP contribution in [0.25, 0.3) is 11.1 Å². The molecule has 0 aliphatic carbocycles. The quantitative estimate of drug-likeness (QED) is 0.306. The van der Waals surface area contributed by atoms with E-state index in [0.29, 0.717) is 54.3 Å². The lowest BCUT2D eigenvalue weighted by atomic mass is 9.94. The molecule has 1 aliphatic rings. The van der Waals surface area contributed by atoms with Crippen molar-refractivity contribution in [1.82, 2.24) is 19.0 Å². The highest BCUT2D eigenvalue weighted by atomic mass is 19.1. The zero-order valence-electron chi connectivity index (χ0n) is 25.3. The molecule has 4 aromatic rings. The zero-order valence-corrected chi connectivity index (χ0v) is 25.3. The van der Waals surface area contributed by atoms with Crippen LogP contribution in [-0.4, -0.2) is 49.8 Å². The molecule has 0 saturated heterocycles. The van der Waals surface area contributed by atoms with Crippen molar-refractivity contribution in [3.8, 4) is 16.9 Å². The van der Waals surface area contributed by atoms with Crippen LogP contribution in [0.1, 0.15) is 53.5 Å². The fraction of sp³-hybridized carbons (Fsp3) is 0.333. The number of benzene rings is 2. The van der Waals surface area contributed by atoms with Crippen LogP contribution in [0.3, 0.4) is 0 Å². The van der Waals surface area contributed by atoms with Crippen molar-refractivity contribution < 1.29 is 23.5 Å². The Morgan fingerprint density at radius 3 is 2.53 bits per heavy atom. The van der Waals surface area contributed by atoms with Crippen molar-refractivity contribution >= 4 is 12.0 Å². The molecule has 2 amide bonds. The van der Waals surface area contributed by atoms with E-state index in [1.807, 2.05) is 48.9 Å². The lowest BCUT2D eigenvalue weighted by molar-refractivity contribution is 0.0593. The maximum atomic E-state index is 14.1. The van der Waals surface area contributed by atoms with E-state index in [1.54, 1.807) is 55.7 Å². The number of imidazole rings is 1. The molecule has 0 bridgehead atoms. The van der Waals surface area contributed by atoms with Gasteiger partial charge in [0.1, 0.15) is 23.8 Å². The Hall–Kier alpha value is -4.73. The van der Waals surface area contributed by atoms with Gasteiger partial charge >= 0.3 is 6.09 Å². The molecule has 0 fully saturated rings. The molecule has 224 valence electrons. The molecule has 2 aromatic heterocycles. The number of fused-ring (bicyclic) bond motifs is 1. The van der Waals surface area contributed by atoms with Crippen LogP contribution in [0.2, 0.25) is 0 Å².